The van der Waals surface area contributed by atoms with E-state index in [2.05, 4.69) is 56.0 Å². The van der Waals surface area contributed by atoms with Crippen LogP contribution in [0.2, 0.25) is 0 Å². The minimum atomic E-state index is 0. The highest BCUT2D eigenvalue weighted by atomic mass is 127. The number of nitrogens with one attached hydrogen (secondary N) is 2. The minimum absolute atomic E-state index is 0. The van der Waals surface area contributed by atoms with Gasteiger partial charge < -0.3 is 10.6 Å². The van der Waals surface area contributed by atoms with E-state index in [9.17, 15) is 0 Å². The fourth-order valence-electron chi connectivity index (χ4n) is 3.50. The number of guanidine groups is 1. The number of benzene rings is 1. The fourth-order valence-corrected chi connectivity index (χ4v) is 3.50. The first-order chi connectivity index (χ1) is 12.8. The first-order valence-electron chi connectivity index (χ1n) is 9.45. The van der Waals surface area contributed by atoms with Gasteiger partial charge >= 0.3 is 0 Å². The van der Waals surface area contributed by atoms with E-state index in [-0.39, 0.29) is 24.0 Å². The summed E-state index contributed by atoms with van der Waals surface area (Å²) >= 11 is 0. The number of hydrogen-bond acceptors (Lipinski definition) is 3. The topological polar surface area (TPSA) is 57.5 Å². The van der Waals surface area contributed by atoms with Gasteiger partial charge in [0, 0.05) is 39.4 Å². The molecule has 0 amide bonds. The van der Waals surface area contributed by atoms with Crippen LogP contribution in [-0.2, 0) is 20.1 Å². The number of hydrogen-bond donors (Lipinski definition) is 2. The van der Waals surface area contributed by atoms with Crippen LogP contribution in [0.5, 0.6) is 0 Å². The normalized spacial score (nSPS) is 18.0. The van der Waals surface area contributed by atoms with E-state index in [0.29, 0.717) is 12.6 Å². The molecule has 7 heteroatoms. The Labute approximate surface area is 179 Å². The molecule has 0 spiro atoms. The maximum absolute atomic E-state index is 4.36. The SMILES string of the molecule is CN=C(NCc1ccnn1C)NCC1CCCCN1Cc1ccccc1.I. The second-order valence-electron chi connectivity index (χ2n) is 6.86. The Balaban J connectivity index is 0.00000261. The van der Waals surface area contributed by atoms with Crippen LogP contribution in [0.1, 0.15) is 30.5 Å². The summed E-state index contributed by atoms with van der Waals surface area (Å²) in [6.45, 7) is 3.82. The second-order valence-corrected chi connectivity index (χ2v) is 6.86. The van der Waals surface area contributed by atoms with Crippen molar-refractivity contribution in [3.05, 3.63) is 53.9 Å². The Hall–Kier alpha value is -1.61. The molecule has 0 saturated carbocycles. The van der Waals surface area contributed by atoms with E-state index in [0.717, 1.165) is 24.7 Å². The Morgan fingerprint density at radius 2 is 2.00 bits per heavy atom. The molecule has 1 unspecified atom stereocenters. The second kappa shape index (κ2) is 11.3. The molecule has 0 aliphatic carbocycles. The first-order valence-corrected chi connectivity index (χ1v) is 9.45. The van der Waals surface area contributed by atoms with Crippen molar-refractivity contribution in [3.63, 3.8) is 0 Å². The van der Waals surface area contributed by atoms with Crippen molar-refractivity contribution in [1.29, 1.82) is 0 Å². The summed E-state index contributed by atoms with van der Waals surface area (Å²) in [5.41, 5.74) is 2.52. The van der Waals surface area contributed by atoms with E-state index in [1.807, 2.05) is 31.0 Å². The van der Waals surface area contributed by atoms with Crippen molar-refractivity contribution in [2.75, 3.05) is 20.1 Å². The van der Waals surface area contributed by atoms with Gasteiger partial charge in [0.05, 0.1) is 12.2 Å². The molecule has 1 saturated heterocycles. The third-order valence-electron chi connectivity index (χ3n) is 5.07. The number of aryl methyl sites for hydroxylation is 1. The van der Waals surface area contributed by atoms with Gasteiger partial charge in [0.1, 0.15) is 0 Å². The average molecular weight is 482 g/mol. The van der Waals surface area contributed by atoms with Crippen molar-refractivity contribution in [2.24, 2.45) is 12.0 Å². The summed E-state index contributed by atoms with van der Waals surface area (Å²) in [7, 11) is 3.78. The minimum Gasteiger partial charge on any atom is -0.355 e. The summed E-state index contributed by atoms with van der Waals surface area (Å²) in [5.74, 6) is 0.844. The molecule has 1 aliphatic heterocycles. The lowest BCUT2D eigenvalue weighted by molar-refractivity contribution is 0.141. The zero-order valence-corrected chi connectivity index (χ0v) is 18.6. The number of likely N-dealkylation sites (tertiary alicyclic amines) is 1. The number of halogens is 1. The van der Waals surface area contributed by atoms with Gasteiger partial charge in [-0.3, -0.25) is 14.6 Å². The van der Waals surface area contributed by atoms with Crippen LogP contribution in [0.25, 0.3) is 0 Å². The maximum atomic E-state index is 4.36. The molecule has 1 aliphatic rings. The molecule has 1 aromatic carbocycles. The lowest BCUT2D eigenvalue weighted by atomic mass is 10.0. The molecule has 27 heavy (non-hydrogen) atoms. The van der Waals surface area contributed by atoms with E-state index < -0.39 is 0 Å². The Morgan fingerprint density at radius 3 is 2.70 bits per heavy atom. The lowest BCUT2D eigenvalue weighted by Crippen LogP contribution is -2.48. The number of nitrogens with zero attached hydrogens (tertiary/aromatic N) is 4. The maximum Gasteiger partial charge on any atom is 0.191 e. The molecular weight excluding hydrogens is 451 g/mol. The van der Waals surface area contributed by atoms with Crippen molar-refractivity contribution in [2.45, 2.75) is 38.4 Å². The van der Waals surface area contributed by atoms with E-state index in [1.54, 1.807) is 0 Å². The van der Waals surface area contributed by atoms with Crippen LogP contribution in [0.4, 0.5) is 0 Å². The van der Waals surface area contributed by atoms with Gasteiger partial charge in [-0.1, -0.05) is 36.8 Å². The molecule has 1 fully saturated rings. The molecule has 0 radical (unpaired) electrons. The zero-order valence-electron chi connectivity index (χ0n) is 16.3. The molecule has 1 aromatic heterocycles. The monoisotopic (exact) mass is 482 g/mol. The lowest BCUT2D eigenvalue weighted by Gasteiger charge is -2.36. The summed E-state index contributed by atoms with van der Waals surface area (Å²) in [6.07, 6.45) is 5.64. The quantitative estimate of drug-likeness (QED) is 0.378. The van der Waals surface area contributed by atoms with Crippen molar-refractivity contribution >= 4 is 29.9 Å². The largest absolute Gasteiger partial charge is 0.355 e. The predicted molar refractivity (Wildman–Crippen MR) is 121 cm³/mol. The van der Waals surface area contributed by atoms with Crippen molar-refractivity contribution in [1.82, 2.24) is 25.3 Å². The Bertz CT molecular complexity index is 700. The Kier molecular flexibility index (Phi) is 9.06. The van der Waals surface area contributed by atoms with Gasteiger partial charge in [0.2, 0.25) is 0 Å². The standard InChI is InChI=1S/C20H30N6.HI/c1-21-20(22-14-18-11-12-24-25(18)2)23-15-19-10-6-7-13-26(19)16-17-8-4-3-5-9-17;/h3-5,8-9,11-12,19H,6-7,10,13-16H2,1-2H3,(H2,21,22,23);1H. The molecular formula is C20H31IN6. The van der Waals surface area contributed by atoms with Gasteiger partial charge in [-0.05, 0) is 31.0 Å². The molecule has 3 rings (SSSR count). The highest BCUT2D eigenvalue weighted by Crippen LogP contribution is 2.19. The molecule has 2 aromatic rings. The summed E-state index contributed by atoms with van der Waals surface area (Å²) in [4.78, 5) is 6.95. The van der Waals surface area contributed by atoms with Crippen molar-refractivity contribution in [3.8, 4) is 0 Å². The van der Waals surface area contributed by atoms with E-state index in [1.165, 1.54) is 31.4 Å². The van der Waals surface area contributed by atoms with Crippen LogP contribution in [0.15, 0.2) is 47.6 Å². The molecule has 2 heterocycles. The van der Waals surface area contributed by atoms with E-state index in [4.69, 9.17) is 0 Å². The molecule has 0 bridgehead atoms. The molecule has 148 valence electrons. The van der Waals surface area contributed by atoms with Crippen molar-refractivity contribution < 1.29 is 0 Å². The van der Waals surface area contributed by atoms with Crippen LogP contribution in [0.3, 0.4) is 0 Å². The number of piperidine rings is 1. The Morgan fingerprint density at radius 1 is 1.19 bits per heavy atom. The molecule has 2 N–H and O–H groups in total. The van der Waals surface area contributed by atoms with Crippen LogP contribution < -0.4 is 10.6 Å². The van der Waals surface area contributed by atoms with Gasteiger partial charge in [-0.15, -0.1) is 24.0 Å². The van der Waals surface area contributed by atoms with Gasteiger partial charge in [0.25, 0.3) is 0 Å². The van der Waals surface area contributed by atoms with Crippen LogP contribution >= 0.6 is 24.0 Å². The zero-order chi connectivity index (χ0) is 18.2. The van der Waals surface area contributed by atoms with Crippen LogP contribution in [0, 0.1) is 0 Å². The predicted octanol–water partition coefficient (Wildman–Crippen LogP) is 2.76. The first kappa shape index (κ1) is 21.7. The third-order valence-corrected chi connectivity index (χ3v) is 5.07. The van der Waals surface area contributed by atoms with Gasteiger partial charge in [0.15, 0.2) is 5.96 Å². The van der Waals surface area contributed by atoms with Gasteiger partial charge in [-0.2, -0.15) is 5.10 Å². The summed E-state index contributed by atoms with van der Waals surface area (Å²) < 4.78 is 1.88. The molecule has 1 atom stereocenters. The van der Waals surface area contributed by atoms with Gasteiger partial charge in [-0.25, -0.2) is 0 Å². The number of rotatable bonds is 6. The third kappa shape index (κ3) is 6.49. The summed E-state index contributed by atoms with van der Waals surface area (Å²) in [5, 5.41) is 11.1. The van der Waals surface area contributed by atoms with Crippen LogP contribution in [-0.4, -0.2) is 46.8 Å². The van der Waals surface area contributed by atoms with E-state index >= 15 is 0 Å². The highest BCUT2D eigenvalue weighted by molar-refractivity contribution is 14.0. The number of aromatic nitrogens is 2. The molecule has 6 nitrogen and oxygen atoms in total. The number of aliphatic imine (C=N–C) groups is 1. The average Bonchev–Trinajstić information content (AvgIpc) is 3.09. The fraction of sp³-hybridized carbons (Fsp3) is 0.500. The highest BCUT2D eigenvalue weighted by Gasteiger charge is 2.22. The summed E-state index contributed by atoms with van der Waals surface area (Å²) in [6, 6.07) is 13.3. The smallest absolute Gasteiger partial charge is 0.191 e.